The standard InChI is InChI=1S/C6H7N3O/c7-5-1-9-2-6(8)4(5)3-10/h1-3H,7-8H2. The number of carbonyl (C=O) groups excluding carboxylic acids is 1. The van der Waals surface area contributed by atoms with Gasteiger partial charge in [0.15, 0.2) is 6.29 Å². The maximum atomic E-state index is 10.3. The quantitative estimate of drug-likeness (QED) is 0.536. The highest BCUT2D eigenvalue weighted by Gasteiger charge is 2.00. The van der Waals surface area contributed by atoms with Crippen LogP contribution in [-0.4, -0.2) is 11.3 Å². The van der Waals surface area contributed by atoms with Crippen molar-refractivity contribution in [2.24, 2.45) is 0 Å². The molecule has 4 nitrogen and oxygen atoms in total. The van der Waals surface area contributed by atoms with Crippen molar-refractivity contribution in [3.8, 4) is 0 Å². The van der Waals surface area contributed by atoms with E-state index in [1.165, 1.54) is 12.4 Å². The Morgan fingerprint density at radius 1 is 1.30 bits per heavy atom. The molecular weight excluding hydrogens is 130 g/mol. The van der Waals surface area contributed by atoms with Crippen molar-refractivity contribution in [2.75, 3.05) is 11.5 Å². The van der Waals surface area contributed by atoms with Gasteiger partial charge in [-0.1, -0.05) is 0 Å². The minimum absolute atomic E-state index is 0.315. The molecule has 0 atom stereocenters. The van der Waals surface area contributed by atoms with Crippen LogP contribution in [-0.2, 0) is 0 Å². The van der Waals surface area contributed by atoms with E-state index >= 15 is 0 Å². The highest BCUT2D eigenvalue weighted by atomic mass is 16.1. The van der Waals surface area contributed by atoms with E-state index in [4.69, 9.17) is 11.5 Å². The van der Waals surface area contributed by atoms with Crippen LogP contribution >= 0.6 is 0 Å². The van der Waals surface area contributed by atoms with Crippen LogP contribution in [0.25, 0.3) is 0 Å². The Morgan fingerprint density at radius 3 is 2.10 bits per heavy atom. The Balaban J connectivity index is 3.30. The van der Waals surface area contributed by atoms with Crippen LogP contribution in [0.1, 0.15) is 10.4 Å². The molecule has 0 radical (unpaired) electrons. The molecule has 1 heterocycles. The molecule has 0 fully saturated rings. The highest BCUT2D eigenvalue weighted by molar-refractivity contribution is 5.89. The van der Waals surface area contributed by atoms with Gasteiger partial charge in [0, 0.05) is 0 Å². The molecule has 10 heavy (non-hydrogen) atoms. The number of nitrogen functional groups attached to an aromatic ring is 2. The molecule has 0 aromatic carbocycles. The molecule has 0 saturated carbocycles. The highest BCUT2D eigenvalue weighted by Crippen LogP contribution is 2.13. The van der Waals surface area contributed by atoms with Gasteiger partial charge < -0.3 is 11.5 Å². The molecular formula is C6H7N3O. The lowest BCUT2D eigenvalue weighted by molar-refractivity contribution is 0.112. The Bertz CT molecular complexity index is 239. The van der Waals surface area contributed by atoms with Crippen LogP contribution < -0.4 is 11.5 Å². The average molecular weight is 137 g/mol. The summed E-state index contributed by atoms with van der Waals surface area (Å²) in [6.45, 7) is 0. The monoisotopic (exact) mass is 137 g/mol. The van der Waals surface area contributed by atoms with Gasteiger partial charge in [-0.05, 0) is 0 Å². The van der Waals surface area contributed by atoms with Crippen molar-refractivity contribution in [2.45, 2.75) is 0 Å². The summed E-state index contributed by atoms with van der Waals surface area (Å²) >= 11 is 0. The van der Waals surface area contributed by atoms with Gasteiger partial charge in [0.25, 0.3) is 0 Å². The summed E-state index contributed by atoms with van der Waals surface area (Å²) in [6, 6.07) is 0. The second-order valence-corrected chi connectivity index (χ2v) is 1.85. The second-order valence-electron chi connectivity index (χ2n) is 1.85. The smallest absolute Gasteiger partial charge is 0.154 e. The normalized spacial score (nSPS) is 9.20. The van der Waals surface area contributed by atoms with E-state index in [9.17, 15) is 4.79 Å². The molecule has 0 spiro atoms. The maximum absolute atomic E-state index is 10.3. The zero-order valence-corrected chi connectivity index (χ0v) is 5.24. The van der Waals surface area contributed by atoms with Gasteiger partial charge in [0.2, 0.25) is 0 Å². The fourth-order valence-corrected chi connectivity index (χ4v) is 0.640. The summed E-state index contributed by atoms with van der Waals surface area (Å²) in [7, 11) is 0. The fraction of sp³-hybridized carbons (Fsp3) is 0. The maximum Gasteiger partial charge on any atom is 0.154 e. The van der Waals surface area contributed by atoms with Crippen LogP contribution in [0.15, 0.2) is 12.4 Å². The van der Waals surface area contributed by atoms with Crippen LogP contribution in [0.4, 0.5) is 11.4 Å². The van der Waals surface area contributed by atoms with E-state index in [2.05, 4.69) is 4.98 Å². The molecule has 0 aliphatic heterocycles. The number of hydrogen-bond acceptors (Lipinski definition) is 4. The van der Waals surface area contributed by atoms with Gasteiger partial charge in [-0.25, -0.2) is 0 Å². The predicted octanol–water partition coefficient (Wildman–Crippen LogP) is 0.0585. The summed E-state index contributed by atoms with van der Waals surface area (Å²) in [5.41, 5.74) is 11.7. The van der Waals surface area contributed by atoms with E-state index in [0.717, 1.165) is 0 Å². The first-order valence-corrected chi connectivity index (χ1v) is 2.70. The number of nitrogens with zero attached hydrogens (tertiary/aromatic N) is 1. The number of anilines is 2. The van der Waals surface area contributed by atoms with Crippen molar-refractivity contribution in [1.29, 1.82) is 0 Å². The second kappa shape index (κ2) is 2.34. The first-order chi connectivity index (χ1) is 4.75. The van der Waals surface area contributed by atoms with Gasteiger partial charge in [-0.3, -0.25) is 9.78 Å². The minimum atomic E-state index is 0.315. The van der Waals surface area contributed by atoms with Gasteiger partial charge in [-0.15, -0.1) is 0 Å². The third-order valence-corrected chi connectivity index (χ3v) is 1.17. The van der Waals surface area contributed by atoms with Gasteiger partial charge in [0.05, 0.1) is 29.3 Å². The van der Waals surface area contributed by atoms with E-state index in [0.29, 0.717) is 23.2 Å². The van der Waals surface area contributed by atoms with Crippen molar-refractivity contribution >= 4 is 17.7 Å². The summed E-state index contributed by atoms with van der Waals surface area (Å²) in [5.74, 6) is 0. The number of aldehydes is 1. The van der Waals surface area contributed by atoms with Crippen molar-refractivity contribution in [1.82, 2.24) is 4.98 Å². The molecule has 4 N–H and O–H groups in total. The van der Waals surface area contributed by atoms with Crippen molar-refractivity contribution in [3.05, 3.63) is 18.0 Å². The fourth-order valence-electron chi connectivity index (χ4n) is 0.640. The third kappa shape index (κ3) is 0.907. The zero-order valence-electron chi connectivity index (χ0n) is 5.24. The molecule has 0 unspecified atom stereocenters. The van der Waals surface area contributed by atoms with Crippen LogP contribution in [0.3, 0.4) is 0 Å². The lowest BCUT2D eigenvalue weighted by atomic mass is 10.2. The third-order valence-electron chi connectivity index (χ3n) is 1.17. The molecule has 4 heteroatoms. The Hall–Kier alpha value is -1.58. The Kier molecular flexibility index (Phi) is 1.53. The SMILES string of the molecule is Nc1cncc(N)c1C=O. The summed E-state index contributed by atoms with van der Waals surface area (Å²) in [6.07, 6.45) is 3.40. The first kappa shape index (κ1) is 6.54. The first-order valence-electron chi connectivity index (χ1n) is 2.70. The van der Waals surface area contributed by atoms with Gasteiger partial charge in [0.1, 0.15) is 0 Å². The van der Waals surface area contributed by atoms with Crippen molar-refractivity contribution < 1.29 is 4.79 Å². The number of rotatable bonds is 1. The number of pyridine rings is 1. The molecule has 0 aliphatic rings. The molecule has 0 aliphatic carbocycles. The average Bonchev–Trinajstić information content (AvgIpc) is 1.88. The van der Waals surface area contributed by atoms with Crippen molar-refractivity contribution in [3.63, 3.8) is 0 Å². The zero-order chi connectivity index (χ0) is 7.56. The van der Waals surface area contributed by atoms with E-state index in [1.807, 2.05) is 0 Å². The van der Waals surface area contributed by atoms with Gasteiger partial charge in [-0.2, -0.15) is 0 Å². The topological polar surface area (TPSA) is 82.0 Å². The van der Waals surface area contributed by atoms with Crippen LogP contribution in [0, 0.1) is 0 Å². The Morgan fingerprint density at radius 2 is 1.80 bits per heavy atom. The van der Waals surface area contributed by atoms with E-state index in [-0.39, 0.29) is 0 Å². The lowest BCUT2D eigenvalue weighted by Gasteiger charge is -1.98. The number of nitrogens with two attached hydrogens (primary N) is 2. The summed E-state index contributed by atoms with van der Waals surface area (Å²) in [5, 5.41) is 0. The molecule has 0 saturated heterocycles. The molecule has 0 bridgehead atoms. The molecule has 52 valence electrons. The van der Waals surface area contributed by atoms with Crippen LogP contribution in [0.2, 0.25) is 0 Å². The summed E-state index contributed by atoms with van der Waals surface area (Å²) < 4.78 is 0. The molecule has 1 rings (SSSR count). The van der Waals surface area contributed by atoms with E-state index in [1.54, 1.807) is 0 Å². The molecule has 1 aromatic heterocycles. The number of hydrogen-bond donors (Lipinski definition) is 2. The molecule has 1 aromatic rings. The Labute approximate surface area is 57.9 Å². The summed E-state index contributed by atoms with van der Waals surface area (Å²) in [4.78, 5) is 13.9. The van der Waals surface area contributed by atoms with Crippen LogP contribution in [0.5, 0.6) is 0 Å². The predicted molar refractivity (Wildman–Crippen MR) is 38.4 cm³/mol. The largest absolute Gasteiger partial charge is 0.397 e. The minimum Gasteiger partial charge on any atom is -0.397 e. The number of aromatic nitrogens is 1. The lowest BCUT2D eigenvalue weighted by Crippen LogP contribution is -1.99. The number of carbonyl (C=O) groups is 1. The van der Waals surface area contributed by atoms with E-state index < -0.39 is 0 Å². The molecule has 0 amide bonds. The van der Waals surface area contributed by atoms with Gasteiger partial charge >= 0.3 is 0 Å².